The highest BCUT2D eigenvalue weighted by molar-refractivity contribution is 7.89. The molecule has 0 spiro atoms. The Labute approximate surface area is 268 Å². The first-order chi connectivity index (χ1) is 20.9. The smallest absolute Gasteiger partial charge is 0.260 e. The molecule has 2 aliphatic rings. The second-order valence-electron chi connectivity index (χ2n) is 10.7. The number of carbonyl (C=O) groups is 1. The number of amides is 1. The van der Waals surface area contributed by atoms with Crippen LogP contribution in [-0.2, 0) is 27.7 Å². The third-order valence-electron chi connectivity index (χ3n) is 7.93. The summed E-state index contributed by atoms with van der Waals surface area (Å²) in [4.78, 5) is 23.0. The Morgan fingerprint density at radius 2 is 1.77 bits per heavy atom. The summed E-state index contributed by atoms with van der Waals surface area (Å²) in [6.45, 7) is 7.84. The number of nitrogens with zero attached hydrogens (tertiary/aromatic N) is 4. The van der Waals surface area contributed by atoms with Gasteiger partial charge < -0.3 is 9.47 Å². The summed E-state index contributed by atoms with van der Waals surface area (Å²) in [7, 11) is -3.70. The second-order valence-corrected chi connectivity index (χ2v) is 13.7. The van der Waals surface area contributed by atoms with E-state index in [1.54, 1.807) is 29.2 Å². The largest absolute Gasteiger partial charge is 0.494 e. The van der Waals surface area contributed by atoms with Gasteiger partial charge in [-0.25, -0.2) is 13.4 Å². The van der Waals surface area contributed by atoms with Crippen LogP contribution in [0.4, 0.5) is 5.13 Å². The van der Waals surface area contributed by atoms with E-state index in [0.29, 0.717) is 43.4 Å². The molecule has 0 N–H and O–H groups in total. The van der Waals surface area contributed by atoms with Crippen molar-refractivity contribution in [1.82, 2.24) is 14.2 Å². The number of benzene rings is 3. The first-order valence-corrected chi connectivity index (χ1v) is 17.0. The van der Waals surface area contributed by atoms with Gasteiger partial charge in [-0.2, -0.15) is 4.31 Å². The van der Waals surface area contributed by atoms with E-state index in [-0.39, 0.29) is 23.2 Å². The number of morpholine rings is 1. The van der Waals surface area contributed by atoms with Crippen LogP contribution < -0.4 is 9.64 Å². The topological polar surface area (TPSA) is 92.3 Å². The number of halogens is 1. The van der Waals surface area contributed by atoms with Crippen molar-refractivity contribution in [2.24, 2.45) is 0 Å². The van der Waals surface area contributed by atoms with Gasteiger partial charge in [0.25, 0.3) is 5.91 Å². The molecular formula is C32H37ClN4O5S2. The average Bonchev–Trinajstić information content (AvgIpc) is 3.46. The van der Waals surface area contributed by atoms with Crippen LogP contribution in [-0.4, -0.2) is 81.1 Å². The number of fused-ring (bicyclic) bond motifs is 2. The molecule has 0 bridgehead atoms. The number of hydrogen-bond acceptors (Lipinski definition) is 8. The molecule has 3 aromatic carbocycles. The van der Waals surface area contributed by atoms with Crippen LogP contribution in [0.3, 0.4) is 0 Å². The van der Waals surface area contributed by atoms with Gasteiger partial charge in [0.15, 0.2) is 5.13 Å². The van der Waals surface area contributed by atoms with Crippen LogP contribution in [0.25, 0.3) is 10.2 Å². The summed E-state index contributed by atoms with van der Waals surface area (Å²) in [5, 5.41) is 0.610. The lowest BCUT2D eigenvalue weighted by atomic mass is 10.0. The summed E-state index contributed by atoms with van der Waals surface area (Å²) in [6.07, 6.45) is 1.45. The van der Waals surface area contributed by atoms with Crippen LogP contribution in [0.1, 0.15) is 34.8 Å². The molecule has 9 nitrogen and oxygen atoms in total. The molecule has 1 fully saturated rings. The molecule has 0 aliphatic carbocycles. The zero-order valence-corrected chi connectivity index (χ0v) is 27.1. The number of thiazole rings is 1. The van der Waals surface area contributed by atoms with Gasteiger partial charge in [-0.1, -0.05) is 35.6 Å². The zero-order chi connectivity index (χ0) is 29.8. The number of sulfonamides is 1. The highest BCUT2D eigenvalue weighted by Crippen LogP contribution is 2.33. The Bertz CT molecular complexity index is 1690. The van der Waals surface area contributed by atoms with E-state index in [1.165, 1.54) is 21.2 Å². The van der Waals surface area contributed by atoms with E-state index in [2.05, 4.69) is 11.0 Å². The highest BCUT2D eigenvalue weighted by Gasteiger charge is 2.29. The molecule has 6 rings (SSSR count). The molecular weight excluding hydrogens is 620 g/mol. The molecule has 12 heteroatoms. The van der Waals surface area contributed by atoms with Gasteiger partial charge in [0.05, 0.1) is 34.9 Å². The minimum Gasteiger partial charge on any atom is -0.494 e. The Balaban J connectivity index is 0.00000384. The maximum Gasteiger partial charge on any atom is 0.260 e. The van der Waals surface area contributed by atoms with Crippen LogP contribution >= 0.6 is 23.7 Å². The highest BCUT2D eigenvalue weighted by atomic mass is 35.5. The molecule has 4 aromatic rings. The molecule has 1 saturated heterocycles. The zero-order valence-electron chi connectivity index (χ0n) is 24.7. The monoisotopic (exact) mass is 656 g/mol. The van der Waals surface area contributed by atoms with Crippen molar-refractivity contribution >= 4 is 55.0 Å². The fourth-order valence-electron chi connectivity index (χ4n) is 5.58. The van der Waals surface area contributed by atoms with Crippen molar-refractivity contribution in [2.75, 3.05) is 57.4 Å². The minimum absolute atomic E-state index is 0. The third kappa shape index (κ3) is 7.09. The molecule has 0 atom stereocenters. The molecule has 0 unspecified atom stereocenters. The first kappa shape index (κ1) is 32.3. The molecule has 0 radical (unpaired) electrons. The fraction of sp³-hybridized carbons (Fsp3) is 0.375. The molecule has 3 heterocycles. The summed E-state index contributed by atoms with van der Waals surface area (Å²) in [5.74, 6) is 0.561. The molecule has 0 saturated carbocycles. The number of carbonyl (C=O) groups excluding carboxylic acids is 1. The molecule has 44 heavy (non-hydrogen) atoms. The molecule has 234 valence electrons. The van der Waals surface area contributed by atoms with Crippen LogP contribution in [0.15, 0.2) is 71.6 Å². The lowest BCUT2D eigenvalue weighted by Gasteiger charge is -2.28. The van der Waals surface area contributed by atoms with Gasteiger partial charge in [0.2, 0.25) is 10.0 Å². The van der Waals surface area contributed by atoms with Gasteiger partial charge in [-0.3, -0.25) is 14.6 Å². The SMILES string of the molecule is CCOc1ccc2nc(N(CCCN3CCOCC3)C(=O)c3ccc(S(=O)(=O)N4CCc5ccccc5C4)cc3)sc2c1.Cl. The van der Waals surface area contributed by atoms with E-state index >= 15 is 0 Å². The van der Waals surface area contributed by atoms with Gasteiger partial charge in [-0.05, 0) is 73.4 Å². The number of hydrogen-bond donors (Lipinski definition) is 0. The number of ether oxygens (including phenoxy) is 2. The van der Waals surface area contributed by atoms with E-state index in [9.17, 15) is 13.2 Å². The van der Waals surface area contributed by atoms with Gasteiger partial charge in [-0.15, -0.1) is 12.4 Å². The van der Waals surface area contributed by atoms with Crippen LogP contribution in [0.5, 0.6) is 5.75 Å². The van der Waals surface area contributed by atoms with Crippen molar-refractivity contribution in [3.05, 3.63) is 83.4 Å². The van der Waals surface area contributed by atoms with Crippen molar-refractivity contribution in [3.63, 3.8) is 0 Å². The van der Waals surface area contributed by atoms with Crippen LogP contribution in [0, 0.1) is 0 Å². The Morgan fingerprint density at radius 3 is 2.52 bits per heavy atom. The average molecular weight is 657 g/mol. The molecule has 1 amide bonds. The second kappa shape index (κ2) is 14.4. The minimum atomic E-state index is -3.70. The number of anilines is 1. The molecule has 2 aliphatic heterocycles. The maximum atomic E-state index is 13.9. The van der Waals surface area contributed by atoms with Crippen molar-refractivity contribution in [2.45, 2.75) is 31.2 Å². The van der Waals surface area contributed by atoms with Crippen molar-refractivity contribution < 1.29 is 22.7 Å². The van der Waals surface area contributed by atoms with Gasteiger partial charge >= 0.3 is 0 Å². The Kier molecular flexibility index (Phi) is 10.6. The van der Waals surface area contributed by atoms with E-state index in [4.69, 9.17) is 14.5 Å². The summed E-state index contributed by atoms with van der Waals surface area (Å²) in [5.41, 5.74) is 3.44. The lowest BCUT2D eigenvalue weighted by molar-refractivity contribution is 0.0376. The Morgan fingerprint density at radius 1 is 1.02 bits per heavy atom. The third-order valence-corrected chi connectivity index (χ3v) is 10.8. The summed E-state index contributed by atoms with van der Waals surface area (Å²) < 4.78 is 40.6. The fourth-order valence-corrected chi connectivity index (χ4v) is 8.01. The standard InChI is InChI=1S/C32H36N4O5S2.ClH/c1-2-41-27-10-13-29-30(22-27)42-32(33-29)36(16-5-15-34-18-20-40-21-19-34)31(37)25-8-11-28(12-9-25)43(38,39)35-17-14-24-6-3-4-7-26(24)23-35;/h3-4,6-13,22H,2,5,14-21,23H2,1H3;1H. The van der Waals surface area contributed by atoms with E-state index < -0.39 is 10.0 Å². The van der Waals surface area contributed by atoms with Crippen molar-refractivity contribution in [3.8, 4) is 5.75 Å². The molecule has 1 aromatic heterocycles. The predicted molar refractivity (Wildman–Crippen MR) is 176 cm³/mol. The summed E-state index contributed by atoms with van der Waals surface area (Å²) >= 11 is 1.45. The van der Waals surface area contributed by atoms with E-state index in [0.717, 1.165) is 60.8 Å². The lowest BCUT2D eigenvalue weighted by Crippen LogP contribution is -2.39. The van der Waals surface area contributed by atoms with E-state index in [1.807, 2.05) is 43.3 Å². The normalized spacial score (nSPS) is 15.8. The maximum absolute atomic E-state index is 13.9. The first-order valence-electron chi connectivity index (χ1n) is 14.7. The summed E-state index contributed by atoms with van der Waals surface area (Å²) in [6, 6.07) is 20.0. The van der Waals surface area contributed by atoms with Gasteiger partial charge in [0.1, 0.15) is 5.75 Å². The quantitative estimate of drug-likeness (QED) is 0.231. The number of aromatic nitrogens is 1. The van der Waals surface area contributed by atoms with Crippen molar-refractivity contribution in [1.29, 1.82) is 0 Å². The Hall–Kier alpha value is -3.06. The predicted octanol–water partition coefficient (Wildman–Crippen LogP) is 5.23. The van der Waals surface area contributed by atoms with Crippen LogP contribution in [0.2, 0.25) is 0 Å². The number of rotatable bonds is 10. The van der Waals surface area contributed by atoms with Gasteiger partial charge in [0, 0.05) is 44.8 Å².